The fourth-order valence-corrected chi connectivity index (χ4v) is 3.38. The van der Waals surface area contributed by atoms with E-state index in [0.29, 0.717) is 11.4 Å². The first-order valence-corrected chi connectivity index (χ1v) is 5.70. The van der Waals surface area contributed by atoms with Crippen molar-refractivity contribution in [3.05, 3.63) is 22.4 Å². The van der Waals surface area contributed by atoms with Gasteiger partial charge in [0.05, 0.1) is 5.37 Å². The van der Waals surface area contributed by atoms with Gasteiger partial charge in [-0.15, -0.1) is 23.1 Å². The van der Waals surface area contributed by atoms with E-state index in [1.54, 1.807) is 0 Å². The van der Waals surface area contributed by atoms with Gasteiger partial charge in [0, 0.05) is 16.7 Å². The Morgan fingerprint density at radius 2 is 2.55 bits per heavy atom. The van der Waals surface area contributed by atoms with Crippen LogP contribution in [0, 0.1) is 0 Å². The van der Waals surface area contributed by atoms with Gasteiger partial charge < -0.3 is 0 Å². The Hall–Kier alpha value is 0.01000. The molecule has 1 fully saturated rings. The fourth-order valence-electron chi connectivity index (χ4n) is 1.20. The molecular weight excluding hydrogens is 174 g/mol. The van der Waals surface area contributed by atoms with Crippen LogP contribution in [0.5, 0.6) is 0 Å². The smallest absolute Gasteiger partial charge is 0.0885 e. The van der Waals surface area contributed by atoms with Crippen LogP contribution in [-0.4, -0.2) is 11.8 Å². The van der Waals surface area contributed by atoms with Gasteiger partial charge in [0.2, 0.25) is 0 Å². The molecule has 0 amide bonds. The molecule has 0 saturated carbocycles. The van der Waals surface area contributed by atoms with Crippen LogP contribution in [0.3, 0.4) is 0 Å². The highest BCUT2D eigenvalue weighted by Crippen LogP contribution is 2.34. The molecule has 2 atom stereocenters. The van der Waals surface area contributed by atoms with Gasteiger partial charge in [0.15, 0.2) is 0 Å². The molecule has 1 aliphatic heterocycles. The van der Waals surface area contributed by atoms with Crippen LogP contribution in [0.1, 0.15) is 17.2 Å². The highest BCUT2D eigenvalue weighted by Gasteiger charge is 2.22. The number of hydrogen-bond donors (Lipinski definition) is 1. The average molecular weight is 185 g/mol. The van der Waals surface area contributed by atoms with Crippen LogP contribution in [-0.2, 0) is 0 Å². The zero-order valence-corrected chi connectivity index (χ0v) is 8.04. The molecule has 1 aliphatic rings. The van der Waals surface area contributed by atoms with Gasteiger partial charge in [0.25, 0.3) is 0 Å². The van der Waals surface area contributed by atoms with Crippen molar-refractivity contribution in [1.29, 1.82) is 0 Å². The second kappa shape index (κ2) is 3.17. The molecule has 3 heteroatoms. The first-order valence-electron chi connectivity index (χ1n) is 3.77. The predicted molar refractivity (Wildman–Crippen MR) is 52.1 cm³/mol. The molecule has 1 aromatic heterocycles. The molecule has 1 N–H and O–H groups in total. The van der Waals surface area contributed by atoms with Gasteiger partial charge in [-0.1, -0.05) is 6.07 Å². The third-order valence-corrected chi connectivity index (χ3v) is 4.25. The third-order valence-electron chi connectivity index (χ3n) is 1.75. The lowest BCUT2D eigenvalue weighted by Crippen LogP contribution is -2.21. The molecule has 0 aromatic carbocycles. The SMILES string of the molecule is CC1CSC(c2cccs2)N1. The summed E-state index contributed by atoms with van der Waals surface area (Å²) in [5, 5.41) is 6.23. The van der Waals surface area contributed by atoms with Crippen molar-refractivity contribution in [2.24, 2.45) is 0 Å². The Labute approximate surface area is 75.2 Å². The predicted octanol–water partition coefficient (Wildman–Crippen LogP) is 2.47. The molecular formula is C8H11NS2. The summed E-state index contributed by atoms with van der Waals surface area (Å²) in [7, 11) is 0. The number of thioether (sulfide) groups is 1. The normalized spacial score (nSPS) is 31.0. The standard InChI is InChI=1S/C8H11NS2/c1-6-5-11-8(9-6)7-3-2-4-10-7/h2-4,6,8-9H,5H2,1H3. The maximum atomic E-state index is 3.53. The average Bonchev–Trinajstić information content (AvgIpc) is 2.55. The van der Waals surface area contributed by atoms with Crippen molar-refractivity contribution in [3.63, 3.8) is 0 Å². The summed E-state index contributed by atoms with van der Waals surface area (Å²) in [5.74, 6) is 1.24. The molecule has 2 unspecified atom stereocenters. The van der Waals surface area contributed by atoms with E-state index in [2.05, 4.69) is 29.8 Å². The molecule has 0 spiro atoms. The van der Waals surface area contributed by atoms with E-state index in [9.17, 15) is 0 Å². The van der Waals surface area contributed by atoms with Gasteiger partial charge in [-0.05, 0) is 18.4 Å². The lowest BCUT2D eigenvalue weighted by Gasteiger charge is -2.06. The molecule has 1 saturated heterocycles. The lowest BCUT2D eigenvalue weighted by molar-refractivity contribution is 0.623. The van der Waals surface area contributed by atoms with Gasteiger partial charge >= 0.3 is 0 Å². The van der Waals surface area contributed by atoms with Crippen LogP contribution >= 0.6 is 23.1 Å². The van der Waals surface area contributed by atoms with E-state index in [0.717, 1.165) is 0 Å². The Balaban J connectivity index is 2.08. The zero-order valence-electron chi connectivity index (χ0n) is 6.41. The molecule has 0 aliphatic carbocycles. The summed E-state index contributed by atoms with van der Waals surface area (Å²) < 4.78 is 0. The Kier molecular flexibility index (Phi) is 2.20. The van der Waals surface area contributed by atoms with E-state index in [1.807, 2.05) is 23.1 Å². The summed E-state index contributed by atoms with van der Waals surface area (Å²) >= 11 is 3.85. The highest BCUT2D eigenvalue weighted by molar-refractivity contribution is 7.99. The van der Waals surface area contributed by atoms with Crippen LogP contribution in [0.25, 0.3) is 0 Å². The highest BCUT2D eigenvalue weighted by atomic mass is 32.2. The second-order valence-corrected chi connectivity index (χ2v) is 4.91. The van der Waals surface area contributed by atoms with Crippen LogP contribution in [0.15, 0.2) is 17.5 Å². The first kappa shape index (κ1) is 7.65. The maximum Gasteiger partial charge on any atom is 0.0885 e. The van der Waals surface area contributed by atoms with Gasteiger partial charge in [0.1, 0.15) is 0 Å². The number of nitrogens with one attached hydrogen (secondary N) is 1. The van der Waals surface area contributed by atoms with Gasteiger partial charge in [-0.25, -0.2) is 0 Å². The Morgan fingerprint density at radius 3 is 3.09 bits per heavy atom. The van der Waals surface area contributed by atoms with Crippen LogP contribution in [0.4, 0.5) is 0 Å². The first-order chi connectivity index (χ1) is 5.36. The van der Waals surface area contributed by atoms with Crippen LogP contribution in [0.2, 0.25) is 0 Å². The summed E-state index contributed by atoms with van der Waals surface area (Å²) in [6.07, 6.45) is 0. The summed E-state index contributed by atoms with van der Waals surface area (Å²) in [5.41, 5.74) is 0. The van der Waals surface area contributed by atoms with Crippen molar-refractivity contribution < 1.29 is 0 Å². The molecule has 2 rings (SSSR count). The molecule has 0 bridgehead atoms. The molecule has 1 nitrogen and oxygen atoms in total. The van der Waals surface area contributed by atoms with E-state index in [1.165, 1.54) is 10.6 Å². The number of rotatable bonds is 1. The van der Waals surface area contributed by atoms with E-state index in [4.69, 9.17) is 0 Å². The Bertz CT molecular complexity index is 220. The minimum Gasteiger partial charge on any atom is -0.298 e. The lowest BCUT2D eigenvalue weighted by atomic mass is 10.4. The van der Waals surface area contributed by atoms with Crippen LogP contribution < -0.4 is 5.32 Å². The van der Waals surface area contributed by atoms with Gasteiger partial charge in [-0.3, -0.25) is 5.32 Å². The number of thiophene rings is 1. The van der Waals surface area contributed by atoms with Crippen molar-refractivity contribution >= 4 is 23.1 Å². The molecule has 11 heavy (non-hydrogen) atoms. The third kappa shape index (κ3) is 1.60. The van der Waals surface area contributed by atoms with Gasteiger partial charge in [-0.2, -0.15) is 0 Å². The van der Waals surface area contributed by atoms with E-state index < -0.39 is 0 Å². The topological polar surface area (TPSA) is 12.0 Å². The zero-order chi connectivity index (χ0) is 7.68. The van der Waals surface area contributed by atoms with E-state index >= 15 is 0 Å². The minimum atomic E-state index is 0.560. The fraction of sp³-hybridized carbons (Fsp3) is 0.500. The van der Waals surface area contributed by atoms with Crippen molar-refractivity contribution in [3.8, 4) is 0 Å². The van der Waals surface area contributed by atoms with Crippen molar-refractivity contribution in [2.45, 2.75) is 18.3 Å². The number of hydrogen-bond acceptors (Lipinski definition) is 3. The van der Waals surface area contributed by atoms with Crippen molar-refractivity contribution in [1.82, 2.24) is 5.32 Å². The molecule has 0 radical (unpaired) electrons. The monoisotopic (exact) mass is 185 g/mol. The Morgan fingerprint density at radius 1 is 1.64 bits per heavy atom. The molecule has 60 valence electrons. The van der Waals surface area contributed by atoms with E-state index in [-0.39, 0.29) is 0 Å². The van der Waals surface area contributed by atoms with Crippen molar-refractivity contribution in [2.75, 3.05) is 5.75 Å². The molecule has 1 aromatic rings. The second-order valence-electron chi connectivity index (χ2n) is 2.80. The molecule has 2 heterocycles. The largest absolute Gasteiger partial charge is 0.298 e. The summed E-state index contributed by atoms with van der Waals surface area (Å²) in [6, 6.07) is 4.99. The minimum absolute atomic E-state index is 0.560. The quantitative estimate of drug-likeness (QED) is 0.721. The maximum absolute atomic E-state index is 3.53. The summed E-state index contributed by atoms with van der Waals surface area (Å²) in [4.78, 5) is 1.46. The summed E-state index contributed by atoms with van der Waals surface area (Å²) in [6.45, 7) is 2.24.